The molecule has 1 amide bonds. The predicted molar refractivity (Wildman–Crippen MR) is 121 cm³/mol. The van der Waals surface area contributed by atoms with E-state index in [-0.39, 0.29) is 54.6 Å². The first-order valence-corrected chi connectivity index (χ1v) is 11.9. The summed E-state index contributed by atoms with van der Waals surface area (Å²) in [6, 6.07) is 11.7. The molecule has 1 aromatic heterocycles. The van der Waals surface area contributed by atoms with Crippen molar-refractivity contribution in [1.82, 2.24) is 9.71 Å². The number of nitrogens with one attached hydrogen (secondary N) is 1. The highest BCUT2D eigenvalue weighted by molar-refractivity contribution is 7.89. The molecule has 1 N–H and O–H groups in total. The van der Waals surface area contributed by atoms with E-state index in [4.69, 9.17) is 10.3 Å². The van der Waals surface area contributed by atoms with Crippen LogP contribution in [0.1, 0.15) is 34.1 Å². The summed E-state index contributed by atoms with van der Waals surface area (Å²) in [5, 5.41) is 13.0. The van der Waals surface area contributed by atoms with Gasteiger partial charge in [0, 0.05) is 18.0 Å². The van der Waals surface area contributed by atoms with Crippen molar-refractivity contribution in [3.05, 3.63) is 69.2 Å². The number of pyridine rings is 1. The van der Waals surface area contributed by atoms with Crippen molar-refractivity contribution in [2.24, 2.45) is 11.0 Å². The highest BCUT2D eigenvalue weighted by Crippen LogP contribution is 2.29. The van der Waals surface area contributed by atoms with Crippen molar-refractivity contribution in [2.75, 3.05) is 24.6 Å². The minimum Gasteiger partial charge on any atom is -0.462 e. The second-order valence-electron chi connectivity index (χ2n) is 7.39. The Morgan fingerprint density at radius 3 is 2.68 bits per heavy atom. The molecule has 1 aromatic carbocycles. The van der Waals surface area contributed by atoms with Gasteiger partial charge in [-0.1, -0.05) is 35.4 Å². The van der Waals surface area contributed by atoms with Crippen LogP contribution in [0.15, 0.2) is 41.5 Å². The average molecular weight is 484 g/mol. The monoisotopic (exact) mass is 483 g/mol. The Bertz CT molecular complexity index is 1280. The van der Waals surface area contributed by atoms with Crippen LogP contribution in [-0.4, -0.2) is 45.0 Å². The van der Waals surface area contributed by atoms with Crippen LogP contribution in [0.4, 0.5) is 5.82 Å². The maximum Gasteiger partial charge on any atom is 0.340 e. The zero-order valence-corrected chi connectivity index (χ0v) is 19.0. The molecule has 0 bridgehead atoms. The van der Waals surface area contributed by atoms with Gasteiger partial charge in [0.15, 0.2) is 0 Å². The molecule has 3 rings (SSSR count). The summed E-state index contributed by atoms with van der Waals surface area (Å²) in [5.74, 6) is -2.11. The van der Waals surface area contributed by atoms with E-state index in [9.17, 15) is 23.3 Å². The lowest BCUT2D eigenvalue weighted by Gasteiger charge is -2.39. The Morgan fingerprint density at radius 2 is 2.06 bits per heavy atom. The number of azide groups is 1. The standard InChI is InChI=1S/C21H21N7O5S/c1-2-33-21(30)17-8-15(9-22)19(25-18(17)10-24-27-23)28-11-16(12-28)20(29)26-34(31,32)13-14-6-4-3-5-7-14/h3-8,16H,2,10-13H2,1H3,(H,26,29). The molecule has 0 spiro atoms. The fourth-order valence-corrected chi connectivity index (χ4v) is 4.53. The lowest BCUT2D eigenvalue weighted by Crippen LogP contribution is -2.55. The largest absolute Gasteiger partial charge is 0.462 e. The number of rotatable bonds is 9. The molecule has 0 atom stereocenters. The van der Waals surface area contributed by atoms with E-state index >= 15 is 0 Å². The molecule has 1 aliphatic heterocycles. The third-order valence-corrected chi connectivity index (χ3v) is 6.21. The average Bonchev–Trinajstić information content (AvgIpc) is 2.76. The van der Waals surface area contributed by atoms with Crippen molar-refractivity contribution in [1.29, 1.82) is 5.26 Å². The number of carbonyl (C=O) groups excluding carboxylic acids is 2. The molecule has 0 saturated carbocycles. The molecule has 2 heterocycles. The summed E-state index contributed by atoms with van der Waals surface area (Å²) in [6.07, 6.45) is 0. The third kappa shape index (κ3) is 5.80. The number of benzene rings is 1. The number of anilines is 1. The van der Waals surface area contributed by atoms with Gasteiger partial charge in [-0.05, 0) is 24.1 Å². The molecule has 2 aromatic rings. The number of sulfonamides is 1. The van der Waals surface area contributed by atoms with Gasteiger partial charge < -0.3 is 9.64 Å². The van der Waals surface area contributed by atoms with Gasteiger partial charge in [-0.2, -0.15) is 5.26 Å². The molecular weight excluding hydrogens is 462 g/mol. The van der Waals surface area contributed by atoms with Crippen LogP contribution < -0.4 is 9.62 Å². The summed E-state index contributed by atoms with van der Waals surface area (Å²) in [7, 11) is -3.87. The molecule has 13 heteroatoms. The van der Waals surface area contributed by atoms with Gasteiger partial charge >= 0.3 is 5.97 Å². The number of nitriles is 1. The number of aromatic nitrogens is 1. The van der Waals surface area contributed by atoms with E-state index in [2.05, 4.69) is 19.7 Å². The van der Waals surface area contributed by atoms with E-state index in [1.165, 1.54) is 6.07 Å². The quantitative estimate of drug-likeness (QED) is 0.243. The fraction of sp³-hybridized carbons (Fsp3) is 0.333. The van der Waals surface area contributed by atoms with Gasteiger partial charge in [0.1, 0.15) is 11.9 Å². The summed E-state index contributed by atoms with van der Waals surface area (Å²) in [5.41, 5.74) is 9.40. The van der Waals surface area contributed by atoms with Crippen LogP contribution in [0, 0.1) is 17.2 Å². The Hall–Kier alpha value is -4.14. The molecule has 12 nitrogen and oxygen atoms in total. The smallest absolute Gasteiger partial charge is 0.340 e. The fourth-order valence-electron chi connectivity index (χ4n) is 3.35. The van der Waals surface area contributed by atoms with Gasteiger partial charge in [-0.15, -0.1) is 0 Å². The number of esters is 1. The predicted octanol–water partition coefficient (Wildman–Crippen LogP) is 2.02. The number of amides is 1. The van der Waals surface area contributed by atoms with E-state index < -0.39 is 27.8 Å². The molecule has 0 unspecified atom stereocenters. The summed E-state index contributed by atoms with van der Waals surface area (Å²) in [4.78, 5) is 33.3. The van der Waals surface area contributed by atoms with Crippen LogP contribution in [-0.2, 0) is 31.9 Å². The summed E-state index contributed by atoms with van der Waals surface area (Å²) >= 11 is 0. The molecule has 1 aliphatic rings. The summed E-state index contributed by atoms with van der Waals surface area (Å²) < 4.78 is 31.7. The molecule has 0 aliphatic carbocycles. The van der Waals surface area contributed by atoms with Crippen LogP contribution >= 0.6 is 0 Å². The Labute approximate surface area is 195 Å². The van der Waals surface area contributed by atoms with Crippen molar-refractivity contribution < 1.29 is 22.7 Å². The van der Waals surface area contributed by atoms with Crippen molar-refractivity contribution >= 4 is 27.7 Å². The van der Waals surface area contributed by atoms with E-state index in [1.807, 2.05) is 6.07 Å². The highest BCUT2D eigenvalue weighted by Gasteiger charge is 2.37. The van der Waals surface area contributed by atoms with Gasteiger partial charge in [0.05, 0.1) is 41.6 Å². The Balaban J connectivity index is 1.73. The minimum atomic E-state index is -3.87. The van der Waals surface area contributed by atoms with E-state index in [0.717, 1.165) is 0 Å². The lowest BCUT2D eigenvalue weighted by molar-refractivity contribution is -0.123. The Kier molecular flexibility index (Phi) is 7.68. The minimum absolute atomic E-state index is 0.0105. The molecule has 1 saturated heterocycles. The molecule has 176 valence electrons. The number of hydrogen-bond donors (Lipinski definition) is 1. The van der Waals surface area contributed by atoms with Crippen molar-refractivity contribution in [3.63, 3.8) is 0 Å². The topological polar surface area (TPSA) is 178 Å². The number of carbonyl (C=O) groups is 2. The first-order chi connectivity index (χ1) is 16.3. The maximum atomic E-state index is 12.5. The first-order valence-electron chi connectivity index (χ1n) is 10.2. The normalized spacial score (nSPS) is 13.2. The number of nitrogens with zero attached hydrogens (tertiary/aromatic N) is 6. The summed E-state index contributed by atoms with van der Waals surface area (Å²) in [6.45, 7) is 1.74. The second kappa shape index (κ2) is 10.7. The SMILES string of the molecule is CCOC(=O)c1cc(C#N)c(N2CC(C(=O)NS(=O)(=O)Cc3ccccc3)C2)nc1CN=[N+]=[N-]. The van der Waals surface area contributed by atoms with E-state index in [1.54, 1.807) is 42.2 Å². The lowest BCUT2D eigenvalue weighted by atomic mass is 9.98. The van der Waals surface area contributed by atoms with Gasteiger partial charge in [-0.25, -0.2) is 18.2 Å². The van der Waals surface area contributed by atoms with Gasteiger partial charge in [-0.3, -0.25) is 9.52 Å². The Morgan fingerprint density at radius 1 is 1.35 bits per heavy atom. The third-order valence-electron chi connectivity index (χ3n) is 4.99. The molecular formula is C21H21N7O5S. The maximum absolute atomic E-state index is 12.5. The zero-order chi connectivity index (χ0) is 24.7. The number of ether oxygens (including phenoxy) is 1. The first kappa shape index (κ1) is 24.5. The second-order valence-corrected chi connectivity index (χ2v) is 9.11. The van der Waals surface area contributed by atoms with Gasteiger partial charge in [0.25, 0.3) is 0 Å². The number of hydrogen-bond acceptors (Lipinski definition) is 9. The van der Waals surface area contributed by atoms with Crippen LogP contribution in [0.25, 0.3) is 10.4 Å². The van der Waals surface area contributed by atoms with Crippen molar-refractivity contribution in [3.8, 4) is 6.07 Å². The molecule has 34 heavy (non-hydrogen) atoms. The van der Waals surface area contributed by atoms with Gasteiger partial charge in [0.2, 0.25) is 15.9 Å². The van der Waals surface area contributed by atoms with E-state index in [0.29, 0.717) is 5.56 Å². The van der Waals surface area contributed by atoms with Crippen LogP contribution in [0.2, 0.25) is 0 Å². The van der Waals surface area contributed by atoms with Crippen LogP contribution in [0.5, 0.6) is 0 Å². The molecule has 1 fully saturated rings. The zero-order valence-electron chi connectivity index (χ0n) is 18.2. The van der Waals surface area contributed by atoms with Crippen LogP contribution in [0.3, 0.4) is 0 Å². The molecule has 0 radical (unpaired) electrons. The highest BCUT2D eigenvalue weighted by atomic mass is 32.2. The van der Waals surface area contributed by atoms with Crippen molar-refractivity contribution in [2.45, 2.75) is 19.2 Å².